The molecule has 0 aliphatic rings. The van der Waals surface area contributed by atoms with Gasteiger partial charge in [-0.15, -0.1) is 0 Å². The van der Waals surface area contributed by atoms with Crippen molar-refractivity contribution >= 4 is 18.0 Å². The zero-order valence-electron chi connectivity index (χ0n) is 17.7. The van der Waals surface area contributed by atoms with Gasteiger partial charge in [-0.1, -0.05) is 27.7 Å². The second kappa shape index (κ2) is 11.1. The molecule has 160 valence electrons. The van der Waals surface area contributed by atoms with E-state index in [1.54, 1.807) is 0 Å². The fraction of sp³-hybridized carbons (Fsp3) is 0.348. The van der Waals surface area contributed by atoms with Gasteiger partial charge in [0.2, 0.25) is 0 Å². The number of nitrogens with one attached hydrogen (secondary N) is 2. The maximum absolute atomic E-state index is 13.0. The third-order valence-electron chi connectivity index (χ3n) is 4.19. The molecule has 6 nitrogen and oxygen atoms in total. The quantitative estimate of drug-likeness (QED) is 0.485. The van der Waals surface area contributed by atoms with Crippen LogP contribution in [0, 0.1) is 17.7 Å². The second-order valence-electron chi connectivity index (χ2n) is 7.71. The van der Waals surface area contributed by atoms with E-state index in [1.165, 1.54) is 30.5 Å². The van der Waals surface area contributed by atoms with Crippen LogP contribution in [0.25, 0.3) is 0 Å². The summed E-state index contributed by atoms with van der Waals surface area (Å²) in [5, 5.41) is 6.64. The average molecular weight is 413 g/mol. The summed E-state index contributed by atoms with van der Waals surface area (Å²) < 4.78 is 18.6. The Morgan fingerprint density at radius 3 is 2.23 bits per heavy atom. The SMILES string of the molecule is CC(C)COc1ccc(C=NNC(=O)C(NC(=O)c2ccc(F)cc2)C(C)C)cc1. The van der Waals surface area contributed by atoms with Gasteiger partial charge in [0.05, 0.1) is 12.8 Å². The first-order valence-electron chi connectivity index (χ1n) is 9.88. The summed E-state index contributed by atoms with van der Waals surface area (Å²) in [6.07, 6.45) is 1.52. The fourth-order valence-corrected chi connectivity index (χ4v) is 2.51. The highest BCUT2D eigenvalue weighted by Crippen LogP contribution is 2.12. The van der Waals surface area contributed by atoms with Crippen LogP contribution in [0.15, 0.2) is 53.6 Å². The van der Waals surface area contributed by atoms with Crippen LogP contribution < -0.4 is 15.5 Å². The highest BCUT2D eigenvalue weighted by atomic mass is 19.1. The van der Waals surface area contributed by atoms with Crippen molar-refractivity contribution in [3.05, 3.63) is 65.5 Å². The first-order chi connectivity index (χ1) is 14.3. The minimum Gasteiger partial charge on any atom is -0.493 e. The summed E-state index contributed by atoms with van der Waals surface area (Å²) in [5.74, 6) is -0.272. The van der Waals surface area contributed by atoms with Gasteiger partial charge in [0.1, 0.15) is 17.6 Å². The Morgan fingerprint density at radius 2 is 1.67 bits per heavy atom. The Kier molecular flexibility index (Phi) is 8.53. The molecule has 0 aromatic heterocycles. The number of carbonyl (C=O) groups is 2. The smallest absolute Gasteiger partial charge is 0.262 e. The average Bonchev–Trinajstić information content (AvgIpc) is 2.71. The molecule has 1 unspecified atom stereocenters. The summed E-state index contributed by atoms with van der Waals surface area (Å²) >= 11 is 0. The summed E-state index contributed by atoms with van der Waals surface area (Å²) in [6.45, 7) is 8.43. The number of ether oxygens (including phenoxy) is 1. The zero-order valence-corrected chi connectivity index (χ0v) is 17.7. The molecular formula is C23H28FN3O3. The number of carbonyl (C=O) groups excluding carboxylic acids is 2. The molecule has 2 rings (SSSR count). The van der Waals surface area contributed by atoms with Crippen molar-refractivity contribution < 1.29 is 18.7 Å². The monoisotopic (exact) mass is 413 g/mol. The summed E-state index contributed by atoms with van der Waals surface area (Å²) in [7, 11) is 0. The number of amides is 2. The van der Waals surface area contributed by atoms with Crippen LogP contribution >= 0.6 is 0 Å². The molecule has 1 atom stereocenters. The van der Waals surface area contributed by atoms with Crippen LogP contribution in [0.2, 0.25) is 0 Å². The van der Waals surface area contributed by atoms with E-state index < -0.39 is 23.7 Å². The number of hydrazone groups is 1. The van der Waals surface area contributed by atoms with Crippen LogP contribution in [0.5, 0.6) is 5.75 Å². The van der Waals surface area contributed by atoms with Gasteiger partial charge < -0.3 is 10.1 Å². The van der Waals surface area contributed by atoms with Crippen LogP contribution in [0.4, 0.5) is 4.39 Å². The Balaban J connectivity index is 1.93. The Bertz CT molecular complexity index is 862. The standard InChI is InChI=1S/C23H28FN3O3/c1-15(2)14-30-20-11-5-17(6-12-20)13-25-27-23(29)21(16(3)4)26-22(28)18-7-9-19(24)10-8-18/h5-13,15-16,21H,14H2,1-4H3,(H,26,28)(H,27,29). The second-order valence-corrected chi connectivity index (χ2v) is 7.71. The molecule has 0 saturated heterocycles. The van der Waals surface area contributed by atoms with Gasteiger partial charge in [-0.2, -0.15) is 5.10 Å². The van der Waals surface area contributed by atoms with E-state index in [-0.39, 0.29) is 11.5 Å². The van der Waals surface area contributed by atoms with Gasteiger partial charge in [0, 0.05) is 5.56 Å². The van der Waals surface area contributed by atoms with E-state index in [9.17, 15) is 14.0 Å². The van der Waals surface area contributed by atoms with Crippen molar-refractivity contribution in [3.63, 3.8) is 0 Å². The van der Waals surface area contributed by atoms with Crippen molar-refractivity contribution in [2.45, 2.75) is 33.7 Å². The van der Waals surface area contributed by atoms with Crippen molar-refractivity contribution in [2.24, 2.45) is 16.9 Å². The maximum atomic E-state index is 13.0. The predicted octanol–water partition coefficient (Wildman–Crippen LogP) is 3.77. The molecule has 7 heteroatoms. The number of rotatable bonds is 9. The molecule has 0 spiro atoms. The van der Waals surface area contributed by atoms with Crippen molar-refractivity contribution in [2.75, 3.05) is 6.61 Å². The molecule has 30 heavy (non-hydrogen) atoms. The molecule has 2 amide bonds. The largest absolute Gasteiger partial charge is 0.493 e. The lowest BCUT2D eigenvalue weighted by atomic mass is 10.0. The van der Waals surface area contributed by atoms with Gasteiger partial charge in [0.25, 0.3) is 11.8 Å². The minimum absolute atomic E-state index is 0.165. The zero-order chi connectivity index (χ0) is 22.1. The molecule has 2 aromatic carbocycles. The van der Waals surface area contributed by atoms with E-state index in [2.05, 4.69) is 29.7 Å². The number of hydrogen-bond donors (Lipinski definition) is 2. The molecular weight excluding hydrogens is 385 g/mol. The van der Waals surface area contributed by atoms with Crippen LogP contribution in [0.3, 0.4) is 0 Å². The molecule has 0 fully saturated rings. The molecule has 0 heterocycles. The minimum atomic E-state index is -0.786. The third-order valence-corrected chi connectivity index (χ3v) is 4.19. The molecule has 0 saturated carbocycles. The van der Waals surface area contributed by atoms with E-state index in [0.29, 0.717) is 12.5 Å². The molecule has 2 N–H and O–H groups in total. The number of hydrogen-bond acceptors (Lipinski definition) is 4. The lowest BCUT2D eigenvalue weighted by molar-refractivity contribution is -0.123. The predicted molar refractivity (Wildman–Crippen MR) is 115 cm³/mol. The van der Waals surface area contributed by atoms with E-state index in [4.69, 9.17) is 4.74 Å². The van der Waals surface area contributed by atoms with Crippen molar-refractivity contribution in [1.82, 2.24) is 10.7 Å². The Labute approximate surface area is 176 Å². The lowest BCUT2D eigenvalue weighted by Crippen LogP contribution is -2.48. The molecule has 2 aromatic rings. The lowest BCUT2D eigenvalue weighted by Gasteiger charge is -2.20. The van der Waals surface area contributed by atoms with Gasteiger partial charge in [0.15, 0.2) is 0 Å². The van der Waals surface area contributed by atoms with Crippen molar-refractivity contribution in [1.29, 1.82) is 0 Å². The Morgan fingerprint density at radius 1 is 1.03 bits per heavy atom. The summed E-state index contributed by atoms with van der Waals surface area (Å²) in [6, 6.07) is 11.7. The third kappa shape index (κ3) is 7.31. The van der Waals surface area contributed by atoms with Gasteiger partial charge in [-0.05, 0) is 65.9 Å². The van der Waals surface area contributed by atoms with Gasteiger partial charge in [-0.3, -0.25) is 9.59 Å². The molecule has 0 aliphatic heterocycles. The van der Waals surface area contributed by atoms with Crippen LogP contribution in [-0.4, -0.2) is 30.7 Å². The normalized spacial score (nSPS) is 12.2. The first kappa shape index (κ1) is 23.1. The number of nitrogens with zero attached hydrogens (tertiary/aromatic N) is 1. The molecule has 0 aliphatic carbocycles. The van der Waals surface area contributed by atoms with Crippen molar-refractivity contribution in [3.8, 4) is 5.75 Å². The maximum Gasteiger partial charge on any atom is 0.262 e. The topological polar surface area (TPSA) is 79.8 Å². The van der Waals surface area contributed by atoms with Gasteiger partial charge in [-0.25, -0.2) is 9.82 Å². The Hall–Kier alpha value is -3.22. The van der Waals surface area contributed by atoms with Gasteiger partial charge >= 0.3 is 0 Å². The highest BCUT2D eigenvalue weighted by Gasteiger charge is 2.24. The first-order valence-corrected chi connectivity index (χ1v) is 9.88. The summed E-state index contributed by atoms with van der Waals surface area (Å²) in [4.78, 5) is 24.8. The van der Waals surface area contributed by atoms with Crippen LogP contribution in [0.1, 0.15) is 43.6 Å². The molecule has 0 radical (unpaired) electrons. The van der Waals surface area contributed by atoms with E-state index in [0.717, 1.165) is 11.3 Å². The molecule has 0 bridgehead atoms. The number of benzene rings is 2. The van der Waals surface area contributed by atoms with E-state index in [1.807, 2.05) is 38.1 Å². The summed E-state index contributed by atoms with van der Waals surface area (Å²) in [5.41, 5.74) is 3.53. The highest BCUT2D eigenvalue weighted by molar-refractivity contribution is 5.97. The van der Waals surface area contributed by atoms with Crippen LogP contribution in [-0.2, 0) is 4.79 Å². The number of halogens is 1. The van der Waals surface area contributed by atoms with E-state index >= 15 is 0 Å². The fourth-order valence-electron chi connectivity index (χ4n) is 2.51.